The Morgan fingerprint density at radius 3 is 2.42 bits per heavy atom. The van der Waals surface area contributed by atoms with E-state index in [4.69, 9.17) is 0 Å². The first kappa shape index (κ1) is 15.1. The van der Waals surface area contributed by atoms with E-state index < -0.39 is 0 Å². The minimum absolute atomic E-state index is 0.619. The summed E-state index contributed by atoms with van der Waals surface area (Å²) in [6, 6.07) is 11.8. The van der Waals surface area contributed by atoms with Crippen LogP contribution in [0.1, 0.15) is 44.6 Å². The highest BCUT2D eigenvalue weighted by molar-refractivity contribution is 9.09. The molecule has 0 N–H and O–H groups in total. The summed E-state index contributed by atoms with van der Waals surface area (Å²) in [5.41, 5.74) is 1.47. The zero-order valence-corrected chi connectivity index (χ0v) is 13.8. The molecule has 0 aromatic heterocycles. The van der Waals surface area contributed by atoms with E-state index in [2.05, 4.69) is 65.0 Å². The molecule has 0 spiro atoms. The molecule has 0 aliphatic heterocycles. The number of alkyl halides is 1. The number of halogens is 1. The maximum absolute atomic E-state index is 3.70. The van der Waals surface area contributed by atoms with Gasteiger partial charge in [0, 0.05) is 23.8 Å². The van der Waals surface area contributed by atoms with E-state index in [9.17, 15) is 0 Å². The van der Waals surface area contributed by atoms with Crippen LogP contribution < -0.4 is 0 Å². The van der Waals surface area contributed by atoms with Crippen molar-refractivity contribution in [1.29, 1.82) is 0 Å². The molecule has 2 heteroatoms. The zero-order chi connectivity index (χ0) is 13.7. The smallest absolute Gasteiger partial charge is 0.0112 e. The molecule has 1 nitrogen and oxygen atoms in total. The van der Waals surface area contributed by atoms with E-state index in [0.29, 0.717) is 5.92 Å². The Morgan fingerprint density at radius 2 is 1.89 bits per heavy atom. The molecule has 1 aliphatic rings. The quantitative estimate of drug-likeness (QED) is 0.628. The van der Waals surface area contributed by atoms with Crippen molar-refractivity contribution in [2.45, 2.75) is 45.1 Å². The minimum Gasteiger partial charge on any atom is -0.300 e. The fraction of sp³-hybridized carbons (Fsp3) is 0.647. The number of nitrogens with zero attached hydrogens (tertiary/aromatic N) is 1. The van der Waals surface area contributed by atoms with Crippen LogP contribution in [0.5, 0.6) is 0 Å². The largest absolute Gasteiger partial charge is 0.300 e. The van der Waals surface area contributed by atoms with E-state index in [0.717, 1.165) is 17.3 Å². The van der Waals surface area contributed by atoms with E-state index >= 15 is 0 Å². The summed E-state index contributed by atoms with van der Waals surface area (Å²) >= 11 is 3.70. The van der Waals surface area contributed by atoms with E-state index in [1.54, 1.807) is 0 Å². The first-order valence-electron chi connectivity index (χ1n) is 7.55. The average molecular weight is 324 g/mol. The van der Waals surface area contributed by atoms with Crippen LogP contribution in [-0.2, 0) is 0 Å². The molecule has 0 radical (unpaired) electrons. The molecular weight excluding hydrogens is 298 g/mol. The first-order valence-corrected chi connectivity index (χ1v) is 8.67. The lowest BCUT2D eigenvalue weighted by molar-refractivity contribution is 0.237. The second kappa shape index (κ2) is 7.44. The van der Waals surface area contributed by atoms with Crippen molar-refractivity contribution >= 4 is 15.9 Å². The number of benzene rings is 1. The normalized spacial score (nSPS) is 17.1. The number of hydrogen-bond acceptors (Lipinski definition) is 1. The Hall–Kier alpha value is -0.340. The Morgan fingerprint density at radius 1 is 1.21 bits per heavy atom. The second-order valence-corrected chi connectivity index (χ2v) is 6.82. The molecule has 1 fully saturated rings. The summed E-state index contributed by atoms with van der Waals surface area (Å²) in [4.78, 5) is 2.72. The van der Waals surface area contributed by atoms with Crippen LogP contribution >= 0.6 is 15.9 Å². The van der Waals surface area contributed by atoms with Gasteiger partial charge in [0.2, 0.25) is 0 Å². The minimum atomic E-state index is 0.619. The van der Waals surface area contributed by atoms with Crippen molar-refractivity contribution in [3.8, 4) is 0 Å². The summed E-state index contributed by atoms with van der Waals surface area (Å²) < 4.78 is 0. The van der Waals surface area contributed by atoms with Crippen molar-refractivity contribution in [2.75, 3.05) is 18.4 Å². The van der Waals surface area contributed by atoms with Gasteiger partial charge in [-0.2, -0.15) is 0 Å². The van der Waals surface area contributed by atoms with Crippen molar-refractivity contribution < 1.29 is 0 Å². The van der Waals surface area contributed by atoms with Gasteiger partial charge in [0.25, 0.3) is 0 Å². The van der Waals surface area contributed by atoms with Crippen LogP contribution in [0.3, 0.4) is 0 Å². The number of rotatable bonds is 8. The third-order valence-electron chi connectivity index (χ3n) is 3.97. The summed E-state index contributed by atoms with van der Waals surface area (Å²) in [6.45, 7) is 7.11. The SMILES string of the molecule is CC(C)CCN(CC(CBr)c1ccccc1)C1CC1. The van der Waals surface area contributed by atoms with E-state index in [-0.39, 0.29) is 0 Å². The van der Waals surface area contributed by atoms with Gasteiger partial charge in [-0.25, -0.2) is 0 Å². The van der Waals surface area contributed by atoms with E-state index in [1.165, 1.54) is 37.9 Å². The molecule has 0 amide bonds. The monoisotopic (exact) mass is 323 g/mol. The molecule has 0 saturated heterocycles. The van der Waals surface area contributed by atoms with Crippen molar-refractivity contribution in [2.24, 2.45) is 5.92 Å². The third kappa shape index (κ3) is 4.92. The van der Waals surface area contributed by atoms with Crippen molar-refractivity contribution in [3.63, 3.8) is 0 Å². The summed E-state index contributed by atoms with van der Waals surface area (Å²) in [5.74, 6) is 1.43. The standard InChI is InChI=1S/C17H26BrN/c1-14(2)10-11-19(17-8-9-17)13-16(12-18)15-6-4-3-5-7-15/h3-7,14,16-17H,8-13H2,1-2H3. The molecule has 2 rings (SSSR count). The third-order valence-corrected chi connectivity index (χ3v) is 4.75. The molecule has 0 bridgehead atoms. The Balaban J connectivity index is 1.94. The topological polar surface area (TPSA) is 3.24 Å². The lowest BCUT2D eigenvalue weighted by Gasteiger charge is -2.27. The van der Waals surface area contributed by atoms with Crippen molar-refractivity contribution in [3.05, 3.63) is 35.9 Å². The molecular formula is C17H26BrN. The molecule has 19 heavy (non-hydrogen) atoms. The Labute approximate surface area is 126 Å². The van der Waals surface area contributed by atoms with Crippen LogP contribution in [0.4, 0.5) is 0 Å². The fourth-order valence-electron chi connectivity index (χ4n) is 2.54. The van der Waals surface area contributed by atoms with Crippen LogP contribution in [0, 0.1) is 5.92 Å². The van der Waals surface area contributed by atoms with Crippen molar-refractivity contribution in [1.82, 2.24) is 4.90 Å². The Kier molecular flexibility index (Phi) is 5.90. The molecule has 1 aromatic rings. The summed E-state index contributed by atoms with van der Waals surface area (Å²) in [5, 5.41) is 1.06. The van der Waals surface area contributed by atoms with Crippen LogP contribution in [-0.4, -0.2) is 29.4 Å². The van der Waals surface area contributed by atoms with Gasteiger partial charge in [-0.05, 0) is 37.3 Å². The van der Waals surface area contributed by atoms with Gasteiger partial charge >= 0.3 is 0 Å². The lowest BCUT2D eigenvalue weighted by atomic mass is 10.00. The van der Waals surface area contributed by atoms with Gasteiger partial charge in [0.1, 0.15) is 0 Å². The highest BCUT2D eigenvalue weighted by atomic mass is 79.9. The predicted octanol–water partition coefficient (Wildman–Crippen LogP) is 4.68. The first-order chi connectivity index (χ1) is 9.20. The highest BCUT2D eigenvalue weighted by Crippen LogP contribution is 2.30. The summed E-state index contributed by atoms with van der Waals surface area (Å²) in [7, 11) is 0. The Bertz CT molecular complexity index is 359. The number of hydrogen-bond donors (Lipinski definition) is 0. The molecule has 1 saturated carbocycles. The van der Waals surface area contributed by atoms with Crippen LogP contribution in [0.15, 0.2) is 30.3 Å². The molecule has 1 aromatic carbocycles. The summed E-state index contributed by atoms with van der Waals surface area (Å²) in [6.07, 6.45) is 4.13. The van der Waals surface area contributed by atoms with Crippen LogP contribution in [0.25, 0.3) is 0 Å². The fourth-order valence-corrected chi connectivity index (χ4v) is 3.12. The van der Waals surface area contributed by atoms with Gasteiger partial charge in [0.15, 0.2) is 0 Å². The van der Waals surface area contributed by atoms with Gasteiger partial charge in [-0.1, -0.05) is 60.1 Å². The zero-order valence-electron chi connectivity index (χ0n) is 12.2. The molecule has 106 valence electrons. The van der Waals surface area contributed by atoms with Gasteiger partial charge < -0.3 is 0 Å². The van der Waals surface area contributed by atoms with Crippen LogP contribution in [0.2, 0.25) is 0 Å². The average Bonchev–Trinajstić information content (AvgIpc) is 3.24. The molecule has 1 aliphatic carbocycles. The highest BCUT2D eigenvalue weighted by Gasteiger charge is 2.30. The van der Waals surface area contributed by atoms with Gasteiger partial charge in [-0.15, -0.1) is 0 Å². The molecule has 1 atom stereocenters. The van der Waals surface area contributed by atoms with Gasteiger partial charge in [-0.3, -0.25) is 4.90 Å². The second-order valence-electron chi connectivity index (χ2n) is 6.17. The molecule has 1 unspecified atom stereocenters. The van der Waals surface area contributed by atoms with E-state index in [1.807, 2.05) is 0 Å². The lowest BCUT2D eigenvalue weighted by Crippen LogP contribution is -2.33. The molecule has 0 heterocycles. The maximum atomic E-state index is 3.70. The predicted molar refractivity (Wildman–Crippen MR) is 87.0 cm³/mol. The maximum Gasteiger partial charge on any atom is 0.0112 e. The van der Waals surface area contributed by atoms with Gasteiger partial charge in [0.05, 0.1) is 0 Å².